The Kier molecular flexibility index (Phi) is 4.11. The lowest BCUT2D eigenvalue weighted by Crippen LogP contribution is -2.43. The van der Waals surface area contributed by atoms with Crippen LogP contribution in [0.3, 0.4) is 0 Å². The van der Waals surface area contributed by atoms with Crippen molar-refractivity contribution in [2.24, 2.45) is 11.3 Å². The van der Waals surface area contributed by atoms with E-state index in [0.29, 0.717) is 11.3 Å². The number of benzene rings is 1. The molecule has 1 nitrogen and oxygen atoms in total. The van der Waals surface area contributed by atoms with Gasteiger partial charge in [-0.2, -0.15) is 0 Å². The van der Waals surface area contributed by atoms with E-state index in [9.17, 15) is 4.39 Å². The molecule has 3 rings (SSSR count). The van der Waals surface area contributed by atoms with Crippen LogP contribution in [-0.2, 0) is 0 Å². The Labute approximate surface area is 122 Å². The molecule has 0 amide bonds. The van der Waals surface area contributed by atoms with Crippen molar-refractivity contribution in [3.63, 3.8) is 0 Å². The van der Waals surface area contributed by atoms with Crippen molar-refractivity contribution in [1.82, 2.24) is 5.32 Å². The number of piperidine rings is 1. The monoisotopic (exact) mass is 275 g/mol. The van der Waals surface area contributed by atoms with Crippen LogP contribution in [0.5, 0.6) is 0 Å². The van der Waals surface area contributed by atoms with E-state index in [1.807, 2.05) is 12.1 Å². The summed E-state index contributed by atoms with van der Waals surface area (Å²) in [5, 5.41) is 3.50. The van der Waals surface area contributed by atoms with Gasteiger partial charge in [0.1, 0.15) is 5.82 Å². The lowest BCUT2D eigenvalue weighted by Gasteiger charge is -2.45. The first-order chi connectivity index (χ1) is 9.71. The molecule has 1 aromatic rings. The van der Waals surface area contributed by atoms with E-state index in [4.69, 9.17) is 0 Å². The summed E-state index contributed by atoms with van der Waals surface area (Å²) >= 11 is 0. The number of hydrogen-bond donors (Lipinski definition) is 1. The molecule has 3 atom stereocenters. The topological polar surface area (TPSA) is 12.0 Å². The van der Waals surface area contributed by atoms with Crippen molar-refractivity contribution in [1.29, 1.82) is 0 Å². The van der Waals surface area contributed by atoms with Crippen molar-refractivity contribution in [2.45, 2.75) is 51.4 Å². The number of nitrogens with one attached hydrogen (secondary N) is 1. The summed E-state index contributed by atoms with van der Waals surface area (Å²) in [6.07, 6.45) is 7.72. The number of hydrogen-bond acceptors (Lipinski definition) is 1. The molecule has 2 heteroatoms. The quantitative estimate of drug-likeness (QED) is 0.796. The zero-order valence-corrected chi connectivity index (χ0v) is 12.5. The molecule has 1 saturated heterocycles. The Morgan fingerprint density at radius 2 is 2.00 bits per heavy atom. The second-order valence-corrected chi connectivity index (χ2v) is 6.93. The number of halogens is 1. The van der Waals surface area contributed by atoms with Gasteiger partial charge in [0, 0.05) is 12.5 Å². The molecule has 1 saturated carbocycles. The third kappa shape index (κ3) is 2.63. The van der Waals surface area contributed by atoms with E-state index < -0.39 is 0 Å². The largest absolute Gasteiger partial charge is 0.316 e. The molecule has 1 aromatic carbocycles. The predicted octanol–water partition coefficient (Wildman–Crippen LogP) is 4.49. The van der Waals surface area contributed by atoms with Crippen LogP contribution in [0, 0.1) is 17.2 Å². The molecular formula is C18H26FN. The molecule has 2 aliphatic rings. The highest BCUT2D eigenvalue weighted by atomic mass is 19.1. The summed E-state index contributed by atoms with van der Waals surface area (Å²) in [7, 11) is 0. The van der Waals surface area contributed by atoms with Crippen LogP contribution >= 0.6 is 0 Å². The van der Waals surface area contributed by atoms with Crippen molar-refractivity contribution in [2.75, 3.05) is 13.1 Å². The van der Waals surface area contributed by atoms with Crippen LogP contribution in [0.1, 0.15) is 56.9 Å². The second kappa shape index (κ2) is 5.85. The molecule has 0 radical (unpaired) electrons. The van der Waals surface area contributed by atoms with Gasteiger partial charge >= 0.3 is 0 Å². The van der Waals surface area contributed by atoms with E-state index in [2.05, 4.69) is 12.2 Å². The van der Waals surface area contributed by atoms with Gasteiger partial charge in [0.05, 0.1) is 0 Å². The van der Waals surface area contributed by atoms with E-state index in [1.54, 1.807) is 12.1 Å². The van der Waals surface area contributed by atoms with Crippen molar-refractivity contribution in [3.8, 4) is 0 Å². The summed E-state index contributed by atoms with van der Waals surface area (Å²) in [4.78, 5) is 0. The first-order valence-corrected chi connectivity index (χ1v) is 8.16. The van der Waals surface area contributed by atoms with Gasteiger partial charge in [-0.05, 0) is 48.8 Å². The molecule has 1 spiro atoms. The van der Waals surface area contributed by atoms with Crippen LogP contribution < -0.4 is 5.32 Å². The second-order valence-electron chi connectivity index (χ2n) is 6.93. The van der Waals surface area contributed by atoms with Crippen LogP contribution in [0.2, 0.25) is 0 Å². The first-order valence-electron chi connectivity index (χ1n) is 8.16. The molecule has 1 N–H and O–H groups in total. The van der Waals surface area contributed by atoms with Crippen LogP contribution in [-0.4, -0.2) is 13.1 Å². The highest BCUT2D eigenvalue weighted by Gasteiger charge is 2.42. The molecule has 3 unspecified atom stereocenters. The fourth-order valence-electron chi connectivity index (χ4n) is 4.38. The van der Waals surface area contributed by atoms with Crippen LogP contribution in [0.15, 0.2) is 24.3 Å². The zero-order chi connectivity index (χ0) is 14.0. The van der Waals surface area contributed by atoms with E-state index in [0.717, 1.165) is 24.6 Å². The first kappa shape index (κ1) is 14.1. The van der Waals surface area contributed by atoms with Gasteiger partial charge in [-0.25, -0.2) is 4.39 Å². The molecule has 0 aromatic heterocycles. The Morgan fingerprint density at radius 1 is 1.15 bits per heavy atom. The van der Waals surface area contributed by atoms with E-state index in [1.165, 1.54) is 38.5 Å². The summed E-state index contributed by atoms with van der Waals surface area (Å²) < 4.78 is 14.3. The van der Waals surface area contributed by atoms with Gasteiger partial charge in [0.2, 0.25) is 0 Å². The van der Waals surface area contributed by atoms with Gasteiger partial charge in [-0.15, -0.1) is 0 Å². The van der Waals surface area contributed by atoms with Crippen molar-refractivity contribution < 1.29 is 4.39 Å². The molecular weight excluding hydrogens is 249 g/mol. The van der Waals surface area contributed by atoms with Gasteiger partial charge in [0.25, 0.3) is 0 Å². The molecule has 2 fully saturated rings. The van der Waals surface area contributed by atoms with E-state index >= 15 is 0 Å². The van der Waals surface area contributed by atoms with E-state index in [-0.39, 0.29) is 5.82 Å². The third-order valence-electron chi connectivity index (χ3n) is 5.67. The third-order valence-corrected chi connectivity index (χ3v) is 5.67. The van der Waals surface area contributed by atoms with Crippen LogP contribution in [0.4, 0.5) is 4.39 Å². The average molecular weight is 275 g/mol. The lowest BCUT2D eigenvalue weighted by atomic mass is 9.63. The molecule has 1 heterocycles. The molecule has 1 aliphatic carbocycles. The summed E-state index contributed by atoms with van der Waals surface area (Å²) in [6, 6.07) is 7.41. The zero-order valence-electron chi connectivity index (χ0n) is 12.5. The minimum atomic E-state index is -0.0159. The fourth-order valence-corrected chi connectivity index (χ4v) is 4.38. The highest BCUT2D eigenvalue weighted by Crippen LogP contribution is 2.51. The maximum Gasteiger partial charge on any atom is 0.126 e. The van der Waals surface area contributed by atoms with Gasteiger partial charge in [0.15, 0.2) is 0 Å². The predicted molar refractivity (Wildman–Crippen MR) is 81.3 cm³/mol. The Hall–Kier alpha value is -0.890. The lowest BCUT2D eigenvalue weighted by molar-refractivity contribution is 0.132. The number of rotatable bonds is 1. The maximum absolute atomic E-state index is 14.3. The Balaban J connectivity index is 1.92. The van der Waals surface area contributed by atoms with Gasteiger partial charge in [-0.1, -0.05) is 44.4 Å². The minimum Gasteiger partial charge on any atom is -0.316 e. The standard InChI is InChI=1S/C18H26FN/c1-14-5-4-9-18(10-8-14)11-12-20-13-16(18)15-6-2-3-7-17(15)19/h2-3,6-7,14,16,20H,4-5,8-13H2,1H3. The Morgan fingerprint density at radius 3 is 2.85 bits per heavy atom. The fraction of sp³-hybridized carbons (Fsp3) is 0.667. The summed E-state index contributed by atoms with van der Waals surface area (Å²) in [5.74, 6) is 1.17. The maximum atomic E-state index is 14.3. The SMILES string of the molecule is CC1CCCC2(CCNCC2c2ccccc2F)CC1. The normalized spacial score (nSPS) is 34.9. The van der Waals surface area contributed by atoms with Crippen LogP contribution in [0.25, 0.3) is 0 Å². The molecule has 0 bridgehead atoms. The highest BCUT2D eigenvalue weighted by molar-refractivity contribution is 5.25. The summed E-state index contributed by atoms with van der Waals surface area (Å²) in [5.41, 5.74) is 1.27. The van der Waals surface area contributed by atoms with Gasteiger partial charge < -0.3 is 5.32 Å². The van der Waals surface area contributed by atoms with Crippen molar-refractivity contribution >= 4 is 0 Å². The molecule has 110 valence electrons. The minimum absolute atomic E-state index is 0.0159. The molecule has 1 aliphatic heterocycles. The average Bonchev–Trinajstić information content (AvgIpc) is 2.64. The summed E-state index contributed by atoms with van der Waals surface area (Å²) in [6.45, 7) is 4.41. The van der Waals surface area contributed by atoms with Crippen molar-refractivity contribution in [3.05, 3.63) is 35.6 Å². The molecule has 20 heavy (non-hydrogen) atoms. The Bertz CT molecular complexity index is 458. The van der Waals surface area contributed by atoms with Gasteiger partial charge in [-0.3, -0.25) is 0 Å². The smallest absolute Gasteiger partial charge is 0.126 e.